The van der Waals surface area contributed by atoms with Crippen molar-refractivity contribution in [3.8, 4) is 17.0 Å². The summed E-state index contributed by atoms with van der Waals surface area (Å²) in [7, 11) is 0. The Bertz CT molecular complexity index is 1120. The summed E-state index contributed by atoms with van der Waals surface area (Å²) < 4.78 is 13.6. The number of nitrogens with one attached hydrogen (secondary N) is 1. The average Bonchev–Trinajstić information content (AvgIpc) is 2.90. The van der Waals surface area contributed by atoms with Gasteiger partial charge in [0.2, 0.25) is 5.95 Å². The highest BCUT2D eigenvalue weighted by molar-refractivity contribution is 5.61. The number of halogens is 1. The molecule has 1 fully saturated rings. The molecule has 0 saturated carbocycles. The Kier molecular flexibility index (Phi) is 9.25. The molecule has 0 radical (unpaired) electrons. The molecule has 1 aliphatic rings. The number of rotatable bonds is 11. The van der Waals surface area contributed by atoms with Gasteiger partial charge in [0.05, 0.1) is 5.69 Å². The number of nitrogens with zero attached hydrogens (tertiary/aromatic N) is 4. The Morgan fingerprint density at radius 2 is 1.92 bits per heavy atom. The van der Waals surface area contributed by atoms with Gasteiger partial charge in [0.15, 0.2) is 11.6 Å². The number of hydrogen-bond acceptors (Lipinski definition) is 6. The molecule has 2 N–H and O–H groups in total. The van der Waals surface area contributed by atoms with Crippen LogP contribution >= 0.6 is 0 Å². The lowest BCUT2D eigenvalue weighted by Gasteiger charge is -2.38. The summed E-state index contributed by atoms with van der Waals surface area (Å²) in [6.45, 7) is 10.7. The number of benzene rings is 2. The summed E-state index contributed by atoms with van der Waals surface area (Å²) in [4.78, 5) is 14.3. The van der Waals surface area contributed by atoms with Gasteiger partial charge in [-0.3, -0.25) is 4.90 Å². The first kappa shape index (κ1) is 26.0. The molecule has 192 valence electrons. The summed E-state index contributed by atoms with van der Waals surface area (Å²) in [5.41, 5.74) is 4.05. The largest absolute Gasteiger partial charge is 0.505 e. The van der Waals surface area contributed by atoms with Crippen LogP contribution in [0.5, 0.6) is 5.75 Å². The Morgan fingerprint density at radius 1 is 1.08 bits per heavy atom. The molecule has 0 aliphatic carbocycles. The van der Waals surface area contributed by atoms with E-state index < -0.39 is 5.82 Å². The molecule has 36 heavy (non-hydrogen) atoms. The van der Waals surface area contributed by atoms with Gasteiger partial charge in [-0.2, -0.15) is 0 Å². The molecule has 7 heteroatoms. The molecule has 6 nitrogen and oxygen atoms in total. The maximum absolute atomic E-state index is 13.6. The number of piperidine rings is 1. The number of anilines is 1. The third-order valence-electron chi connectivity index (χ3n) is 6.99. The molecule has 2 aromatic carbocycles. The van der Waals surface area contributed by atoms with Crippen molar-refractivity contribution in [1.29, 1.82) is 0 Å². The second kappa shape index (κ2) is 12.8. The quantitative estimate of drug-likeness (QED) is 0.378. The van der Waals surface area contributed by atoms with E-state index >= 15 is 0 Å². The van der Waals surface area contributed by atoms with Crippen LogP contribution in [0.3, 0.4) is 0 Å². The van der Waals surface area contributed by atoms with Crippen LogP contribution in [0, 0.1) is 5.82 Å². The van der Waals surface area contributed by atoms with E-state index in [1.807, 2.05) is 6.07 Å². The lowest BCUT2D eigenvalue weighted by Crippen LogP contribution is -2.44. The minimum atomic E-state index is -0.603. The molecular formula is C29H38FN5O. The molecule has 0 bridgehead atoms. The highest BCUT2D eigenvalue weighted by Gasteiger charge is 2.23. The van der Waals surface area contributed by atoms with Gasteiger partial charge in [0.25, 0.3) is 0 Å². The van der Waals surface area contributed by atoms with E-state index in [1.54, 1.807) is 12.3 Å². The van der Waals surface area contributed by atoms with Gasteiger partial charge >= 0.3 is 0 Å². The van der Waals surface area contributed by atoms with E-state index in [2.05, 4.69) is 58.2 Å². The van der Waals surface area contributed by atoms with Crippen LogP contribution in [-0.2, 0) is 13.0 Å². The predicted octanol–water partition coefficient (Wildman–Crippen LogP) is 5.34. The number of likely N-dealkylation sites (tertiary alicyclic amines) is 1. The van der Waals surface area contributed by atoms with E-state index in [1.165, 1.54) is 56.6 Å². The molecule has 0 spiro atoms. The van der Waals surface area contributed by atoms with Crippen molar-refractivity contribution >= 4 is 5.95 Å². The molecule has 0 atom stereocenters. The van der Waals surface area contributed by atoms with E-state index in [0.29, 0.717) is 25.0 Å². The van der Waals surface area contributed by atoms with Crippen molar-refractivity contribution < 1.29 is 9.50 Å². The summed E-state index contributed by atoms with van der Waals surface area (Å²) in [5.74, 6) is -0.384. The first-order valence-corrected chi connectivity index (χ1v) is 13.2. The smallest absolute Gasteiger partial charge is 0.223 e. The van der Waals surface area contributed by atoms with Gasteiger partial charge in [-0.05, 0) is 87.3 Å². The molecule has 0 unspecified atom stereocenters. The van der Waals surface area contributed by atoms with Gasteiger partial charge in [0, 0.05) is 30.9 Å². The third-order valence-corrected chi connectivity index (χ3v) is 6.99. The number of phenols is 1. The van der Waals surface area contributed by atoms with E-state index in [0.717, 1.165) is 29.9 Å². The summed E-state index contributed by atoms with van der Waals surface area (Å²) in [5, 5.41) is 12.6. The molecule has 1 aromatic heterocycles. The molecule has 3 aromatic rings. The highest BCUT2D eigenvalue weighted by atomic mass is 19.1. The zero-order chi connectivity index (χ0) is 25.3. The van der Waals surface area contributed by atoms with Gasteiger partial charge in [0.1, 0.15) is 0 Å². The first-order valence-electron chi connectivity index (χ1n) is 13.2. The Labute approximate surface area is 214 Å². The molecule has 2 heterocycles. The monoisotopic (exact) mass is 491 g/mol. The van der Waals surface area contributed by atoms with Crippen LogP contribution < -0.4 is 5.32 Å². The maximum Gasteiger partial charge on any atom is 0.223 e. The molecule has 0 amide bonds. The fraction of sp³-hybridized carbons (Fsp3) is 0.448. The number of aromatic hydroxyl groups is 1. The SMILES string of the molecule is CCCN1CCC(N(CC)Cc2cccc(-c3ccnc(NCCc4ccc(O)c(F)c4)n3)c2)CC1. The van der Waals surface area contributed by atoms with Crippen molar-refractivity contribution in [2.45, 2.75) is 52.1 Å². The van der Waals surface area contributed by atoms with E-state index in [4.69, 9.17) is 4.98 Å². The molecule has 4 rings (SSSR count). The summed E-state index contributed by atoms with van der Waals surface area (Å²) >= 11 is 0. The predicted molar refractivity (Wildman–Crippen MR) is 144 cm³/mol. The lowest BCUT2D eigenvalue weighted by molar-refractivity contribution is 0.107. The van der Waals surface area contributed by atoms with Gasteiger partial charge in [-0.1, -0.05) is 38.1 Å². The standard InChI is InChI=1S/C29H38FN5O/c1-3-16-34-17-12-25(13-18-34)35(4-2)21-23-6-5-7-24(19-23)27-11-15-32-29(33-27)31-14-10-22-8-9-28(36)26(30)20-22/h5-9,11,15,19-20,25,36H,3-4,10,12-14,16-18,21H2,1-2H3,(H,31,32,33). The van der Waals surface area contributed by atoms with Crippen LogP contribution in [0.4, 0.5) is 10.3 Å². The second-order valence-corrected chi connectivity index (χ2v) is 9.56. The number of hydrogen-bond donors (Lipinski definition) is 2. The number of aromatic nitrogens is 2. The van der Waals surface area contributed by atoms with Crippen LogP contribution in [0.2, 0.25) is 0 Å². The molecule has 1 aliphatic heterocycles. The Balaban J connectivity index is 1.36. The second-order valence-electron chi connectivity index (χ2n) is 9.56. The van der Waals surface area contributed by atoms with Crippen molar-refractivity contribution in [3.05, 3.63) is 71.7 Å². The van der Waals surface area contributed by atoms with Crippen LogP contribution in [-0.4, -0.2) is 63.6 Å². The van der Waals surface area contributed by atoms with E-state index in [-0.39, 0.29) is 5.75 Å². The van der Waals surface area contributed by atoms with Gasteiger partial charge < -0.3 is 15.3 Å². The lowest BCUT2D eigenvalue weighted by atomic mass is 10.0. The summed E-state index contributed by atoms with van der Waals surface area (Å²) in [6, 6.07) is 15.7. The van der Waals surface area contributed by atoms with Crippen molar-refractivity contribution in [2.75, 3.05) is 38.0 Å². The zero-order valence-corrected chi connectivity index (χ0v) is 21.5. The molecule has 1 saturated heterocycles. The van der Waals surface area contributed by atoms with Crippen molar-refractivity contribution in [3.63, 3.8) is 0 Å². The Morgan fingerprint density at radius 3 is 2.67 bits per heavy atom. The van der Waals surface area contributed by atoms with E-state index in [9.17, 15) is 9.50 Å². The van der Waals surface area contributed by atoms with Crippen LogP contribution in [0.25, 0.3) is 11.3 Å². The molecular weight excluding hydrogens is 453 g/mol. The fourth-order valence-electron chi connectivity index (χ4n) is 5.02. The average molecular weight is 492 g/mol. The number of phenolic OH excluding ortho intramolecular Hbond substituents is 1. The van der Waals surface area contributed by atoms with Gasteiger partial charge in [-0.25, -0.2) is 14.4 Å². The Hall–Kier alpha value is -3.03. The fourth-order valence-corrected chi connectivity index (χ4v) is 5.02. The summed E-state index contributed by atoms with van der Waals surface area (Å²) in [6.07, 6.45) is 6.08. The van der Waals surface area contributed by atoms with Crippen LogP contribution in [0.1, 0.15) is 44.2 Å². The van der Waals surface area contributed by atoms with Crippen molar-refractivity contribution in [1.82, 2.24) is 19.8 Å². The minimum Gasteiger partial charge on any atom is -0.505 e. The van der Waals surface area contributed by atoms with Gasteiger partial charge in [-0.15, -0.1) is 0 Å². The highest BCUT2D eigenvalue weighted by Crippen LogP contribution is 2.23. The zero-order valence-electron chi connectivity index (χ0n) is 21.5. The maximum atomic E-state index is 13.6. The first-order chi connectivity index (χ1) is 17.6. The minimum absolute atomic E-state index is 0.329. The normalized spacial score (nSPS) is 14.9. The topological polar surface area (TPSA) is 64.5 Å². The third kappa shape index (κ3) is 7.02. The van der Waals surface area contributed by atoms with Crippen molar-refractivity contribution in [2.24, 2.45) is 0 Å². The van der Waals surface area contributed by atoms with Crippen LogP contribution in [0.15, 0.2) is 54.7 Å².